The summed E-state index contributed by atoms with van der Waals surface area (Å²) < 4.78 is 0. The van der Waals surface area contributed by atoms with Crippen LogP contribution in [-0.2, 0) is 9.59 Å². The number of carboxylic acids is 1. The zero-order chi connectivity index (χ0) is 14.3. The second-order valence-corrected chi connectivity index (χ2v) is 4.41. The molecule has 0 radical (unpaired) electrons. The molecule has 104 valence electrons. The summed E-state index contributed by atoms with van der Waals surface area (Å²) in [5, 5.41) is 20.8. The molecule has 1 amide bonds. The minimum absolute atomic E-state index is 0.0809. The second-order valence-electron chi connectivity index (χ2n) is 4.41. The highest BCUT2D eigenvalue weighted by Crippen LogP contribution is 2.22. The lowest BCUT2D eigenvalue weighted by molar-refractivity contribution is -0.137. The summed E-state index contributed by atoms with van der Waals surface area (Å²) in [6.07, 6.45) is 0.734. The quantitative estimate of drug-likeness (QED) is 0.660. The van der Waals surface area contributed by atoms with Crippen LogP contribution in [0.3, 0.4) is 0 Å². The molecule has 0 aliphatic rings. The SMILES string of the molecule is CC(O)c1ccccc1NC(=O)CCCCC(=O)O. The van der Waals surface area contributed by atoms with E-state index in [2.05, 4.69) is 5.32 Å². The minimum Gasteiger partial charge on any atom is -0.481 e. The number of carbonyl (C=O) groups excluding carboxylic acids is 1. The van der Waals surface area contributed by atoms with E-state index in [4.69, 9.17) is 5.11 Å². The van der Waals surface area contributed by atoms with Gasteiger partial charge in [0.1, 0.15) is 0 Å². The second kappa shape index (κ2) is 7.53. The Morgan fingerprint density at radius 2 is 1.84 bits per heavy atom. The number of unbranched alkanes of at least 4 members (excludes halogenated alkanes) is 1. The van der Waals surface area contributed by atoms with E-state index in [1.807, 2.05) is 0 Å². The van der Waals surface area contributed by atoms with Gasteiger partial charge < -0.3 is 15.5 Å². The average Bonchev–Trinajstić information content (AvgIpc) is 2.35. The first-order chi connectivity index (χ1) is 9.00. The molecule has 0 fully saturated rings. The number of para-hydroxylation sites is 1. The van der Waals surface area contributed by atoms with Gasteiger partial charge in [-0.2, -0.15) is 0 Å². The number of carbonyl (C=O) groups is 2. The molecule has 5 heteroatoms. The van der Waals surface area contributed by atoms with Crippen LogP contribution >= 0.6 is 0 Å². The van der Waals surface area contributed by atoms with E-state index in [1.54, 1.807) is 31.2 Å². The van der Waals surface area contributed by atoms with E-state index in [1.165, 1.54) is 0 Å². The standard InChI is InChI=1S/C14H19NO4/c1-10(16)11-6-2-3-7-12(11)15-13(17)8-4-5-9-14(18)19/h2-3,6-7,10,16H,4-5,8-9H2,1H3,(H,15,17)(H,18,19). The van der Waals surface area contributed by atoms with Crippen LogP contribution in [0.1, 0.15) is 44.3 Å². The molecular weight excluding hydrogens is 246 g/mol. The van der Waals surface area contributed by atoms with Crippen molar-refractivity contribution in [1.29, 1.82) is 0 Å². The van der Waals surface area contributed by atoms with Crippen LogP contribution in [0.25, 0.3) is 0 Å². The number of carboxylic acid groups (broad SMARTS) is 1. The highest BCUT2D eigenvalue weighted by molar-refractivity contribution is 5.91. The van der Waals surface area contributed by atoms with Crippen molar-refractivity contribution >= 4 is 17.6 Å². The summed E-state index contributed by atoms with van der Waals surface area (Å²) in [6.45, 7) is 1.64. The Hall–Kier alpha value is -1.88. The number of hydrogen-bond donors (Lipinski definition) is 3. The predicted octanol–water partition coefficient (Wildman–Crippen LogP) is 2.32. The number of aliphatic carboxylic acids is 1. The Balaban J connectivity index is 2.46. The van der Waals surface area contributed by atoms with Crippen LogP contribution in [0.2, 0.25) is 0 Å². The highest BCUT2D eigenvalue weighted by atomic mass is 16.4. The zero-order valence-corrected chi connectivity index (χ0v) is 10.9. The van der Waals surface area contributed by atoms with E-state index < -0.39 is 12.1 Å². The van der Waals surface area contributed by atoms with Crippen molar-refractivity contribution in [3.8, 4) is 0 Å². The maximum atomic E-state index is 11.7. The molecule has 0 saturated heterocycles. The van der Waals surface area contributed by atoms with Gasteiger partial charge in [-0.05, 0) is 25.8 Å². The molecule has 0 aliphatic heterocycles. The summed E-state index contributed by atoms with van der Waals surface area (Å²) in [5.74, 6) is -1.02. The third-order valence-electron chi connectivity index (χ3n) is 2.73. The first kappa shape index (κ1) is 15.2. The monoisotopic (exact) mass is 265 g/mol. The maximum Gasteiger partial charge on any atom is 0.303 e. The lowest BCUT2D eigenvalue weighted by atomic mass is 10.1. The molecule has 19 heavy (non-hydrogen) atoms. The summed E-state index contributed by atoms with van der Waals surface area (Å²) in [4.78, 5) is 22.0. The smallest absolute Gasteiger partial charge is 0.303 e. The molecule has 1 aromatic rings. The lowest BCUT2D eigenvalue weighted by Gasteiger charge is -2.12. The van der Waals surface area contributed by atoms with Crippen molar-refractivity contribution in [1.82, 2.24) is 0 Å². The number of aliphatic hydroxyl groups excluding tert-OH is 1. The number of hydrogen-bond acceptors (Lipinski definition) is 3. The minimum atomic E-state index is -0.847. The zero-order valence-electron chi connectivity index (χ0n) is 10.9. The van der Waals surface area contributed by atoms with Crippen LogP contribution in [0.5, 0.6) is 0 Å². The van der Waals surface area contributed by atoms with Crippen LogP contribution < -0.4 is 5.32 Å². The third kappa shape index (κ3) is 5.52. The third-order valence-corrected chi connectivity index (χ3v) is 2.73. The number of nitrogens with one attached hydrogen (secondary N) is 1. The normalized spacial score (nSPS) is 11.9. The molecular formula is C14H19NO4. The Kier molecular flexibility index (Phi) is 6.02. The fourth-order valence-electron chi connectivity index (χ4n) is 1.75. The Labute approximate surface area is 112 Å². The number of benzene rings is 1. The van der Waals surface area contributed by atoms with Gasteiger partial charge in [-0.15, -0.1) is 0 Å². The lowest BCUT2D eigenvalue weighted by Crippen LogP contribution is -2.13. The number of anilines is 1. The fourth-order valence-corrected chi connectivity index (χ4v) is 1.75. The molecule has 0 spiro atoms. The van der Waals surface area contributed by atoms with E-state index in [-0.39, 0.29) is 18.7 Å². The van der Waals surface area contributed by atoms with Crippen LogP contribution in [0.4, 0.5) is 5.69 Å². The molecule has 3 N–H and O–H groups in total. The van der Waals surface area contributed by atoms with Gasteiger partial charge in [0.25, 0.3) is 0 Å². The van der Waals surface area contributed by atoms with Crippen molar-refractivity contribution < 1.29 is 19.8 Å². The van der Waals surface area contributed by atoms with Gasteiger partial charge in [0.05, 0.1) is 6.10 Å². The molecule has 0 aliphatic carbocycles. The molecule has 1 rings (SSSR count). The molecule has 0 aromatic heterocycles. The fraction of sp³-hybridized carbons (Fsp3) is 0.429. The van der Waals surface area contributed by atoms with Gasteiger partial charge >= 0.3 is 5.97 Å². The van der Waals surface area contributed by atoms with Gasteiger partial charge in [-0.3, -0.25) is 9.59 Å². The van der Waals surface area contributed by atoms with Crippen molar-refractivity contribution in [2.75, 3.05) is 5.32 Å². The Morgan fingerprint density at radius 3 is 2.47 bits per heavy atom. The molecule has 1 unspecified atom stereocenters. The molecule has 1 aromatic carbocycles. The van der Waals surface area contributed by atoms with Gasteiger partial charge in [-0.1, -0.05) is 18.2 Å². The summed E-state index contributed by atoms with van der Waals surface area (Å²) in [6, 6.07) is 7.07. The van der Waals surface area contributed by atoms with Gasteiger partial charge in [0.2, 0.25) is 5.91 Å². The van der Waals surface area contributed by atoms with Crippen molar-refractivity contribution in [2.24, 2.45) is 0 Å². The Bertz CT molecular complexity index is 443. The van der Waals surface area contributed by atoms with Crippen molar-refractivity contribution in [2.45, 2.75) is 38.7 Å². The van der Waals surface area contributed by atoms with Crippen LogP contribution in [-0.4, -0.2) is 22.1 Å². The number of aliphatic hydroxyl groups is 1. The predicted molar refractivity (Wildman–Crippen MR) is 71.8 cm³/mol. The Morgan fingerprint density at radius 1 is 1.21 bits per heavy atom. The van der Waals surface area contributed by atoms with E-state index in [9.17, 15) is 14.7 Å². The largest absolute Gasteiger partial charge is 0.481 e. The molecule has 5 nitrogen and oxygen atoms in total. The van der Waals surface area contributed by atoms with Crippen LogP contribution in [0.15, 0.2) is 24.3 Å². The summed E-state index contributed by atoms with van der Waals surface area (Å²) in [7, 11) is 0. The van der Waals surface area contributed by atoms with Crippen molar-refractivity contribution in [3.05, 3.63) is 29.8 Å². The summed E-state index contributed by atoms with van der Waals surface area (Å²) in [5.41, 5.74) is 1.27. The average molecular weight is 265 g/mol. The number of rotatable bonds is 7. The molecule has 0 saturated carbocycles. The first-order valence-corrected chi connectivity index (χ1v) is 6.29. The highest BCUT2D eigenvalue weighted by Gasteiger charge is 2.10. The maximum absolute atomic E-state index is 11.7. The van der Waals surface area contributed by atoms with E-state index in [0.29, 0.717) is 24.1 Å². The molecule has 1 atom stereocenters. The van der Waals surface area contributed by atoms with Gasteiger partial charge in [0.15, 0.2) is 0 Å². The van der Waals surface area contributed by atoms with Crippen LogP contribution in [0, 0.1) is 0 Å². The number of amides is 1. The van der Waals surface area contributed by atoms with Gasteiger partial charge in [-0.25, -0.2) is 0 Å². The van der Waals surface area contributed by atoms with E-state index in [0.717, 1.165) is 0 Å². The topological polar surface area (TPSA) is 86.6 Å². The molecule has 0 bridgehead atoms. The van der Waals surface area contributed by atoms with Gasteiger partial charge in [0, 0.05) is 24.1 Å². The van der Waals surface area contributed by atoms with Crippen molar-refractivity contribution in [3.63, 3.8) is 0 Å². The summed E-state index contributed by atoms with van der Waals surface area (Å²) >= 11 is 0. The first-order valence-electron chi connectivity index (χ1n) is 6.29. The van der Waals surface area contributed by atoms with E-state index >= 15 is 0 Å². The molecule has 0 heterocycles.